The van der Waals surface area contributed by atoms with Crippen molar-refractivity contribution in [3.63, 3.8) is 0 Å². The lowest BCUT2D eigenvalue weighted by molar-refractivity contribution is -0.135. The topological polar surface area (TPSA) is 125 Å². The zero-order valence-corrected chi connectivity index (χ0v) is 20.1. The van der Waals surface area contributed by atoms with Crippen molar-refractivity contribution < 1.29 is 41.1 Å². The summed E-state index contributed by atoms with van der Waals surface area (Å²) in [5.74, 6) is -2.07. The number of alkyl halides is 2. The number of pyridine rings is 1. The molecule has 0 bridgehead atoms. The van der Waals surface area contributed by atoms with E-state index in [0.29, 0.717) is 0 Å². The molecule has 2 aromatic rings. The van der Waals surface area contributed by atoms with Gasteiger partial charge in [-0.2, -0.15) is 8.78 Å². The average Bonchev–Trinajstić information content (AvgIpc) is 3.01. The summed E-state index contributed by atoms with van der Waals surface area (Å²) in [4.78, 5) is 23.7. The first-order valence-electron chi connectivity index (χ1n) is 11.5. The molecule has 0 spiro atoms. The average molecular weight is 544 g/mol. The monoisotopic (exact) mass is 543 g/mol. The SMILES string of the molecule is O=C(NC1CC2OC(O)N(c3ccc(N4CCON(S(=O)(=O)c5ccccn5)CC4)c(F)c3)[C@@H]12)C(F)F. The number of aromatic nitrogens is 1. The lowest BCUT2D eigenvalue weighted by Crippen LogP contribution is -2.63. The molecule has 1 amide bonds. The van der Waals surface area contributed by atoms with E-state index >= 15 is 4.39 Å². The first-order valence-corrected chi connectivity index (χ1v) is 12.9. The van der Waals surface area contributed by atoms with Crippen molar-refractivity contribution in [1.82, 2.24) is 14.8 Å². The van der Waals surface area contributed by atoms with Gasteiger partial charge in [0.2, 0.25) is 6.41 Å². The number of nitrogens with zero attached hydrogens (tertiary/aromatic N) is 4. The fraction of sp³-hybridized carbons (Fsp3) is 0.455. The number of ether oxygens (including phenoxy) is 1. The van der Waals surface area contributed by atoms with Gasteiger partial charge in [-0.15, -0.1) is 0 Å². The number of carbonyl (C=O) groups excluding carboxylic acids is 1. The molecule has 4 atom stereocenters. The van der Waals surface area contributed by atoms with E-state index in [4.69, 9.17) is 9.57 Å². The highest BCUT2D eigenvalue weighted by Gasteiger charge is 2.55. The number of aliphatic hydroxyl groups is 1. The smallest absolute Gasteiger partial charge is 0.315 e. The number of hydroxylamine groups is 1. The maximum absolute atomic E-state index is 15.3. The number of hydrogen-bond donors (Lipinski definition) is 2. The van der Waals surface area contributed by atoms with E-state index in [1.807, 2.05) is 0 Å². The van der Waals surface area contributed by atoms with Gasteiger partial charge in [0.05, 0.1) is 37.0 Å². The Morgan fingerprint density at radius 3 is 2.70 bits per heavy atom. The largest absolute Gasteiger partial charge is 0.365 e. The lowest BCUT2D eigenvalue weighted by Gasteiger charge is -2.43. The second kappa shape index (κ2) is 10.1. The fourth-order valence-electron chi connectivity index (χ4n) is 4.74. The second-order valence-electron chi connectivity index (χ2n) is 8.71. The quantitative estimate of drug-likeness (QED) is 0.541. The minimum Gasteiger partial charge on any atom is -0.365 e. The number of fused-ring (bicyclic) bond motifs is 1. The van der Waals surface area contributed by atoms with Gasteiger partial charge in [0.15, 0.2) is 5.03 Å². The molecule has 1 saturated carbocycles. The summed E-state index contributed by atoms with van der Waals surface area (Å²) in [6, 6.07) is 7.33. The molecule has 1 aromatic heterocycles. The van der Waals surface area contributed by atoms with Crippen molar-refractivity contribution in [2.75, 3.05) is 36.0 Å². The predicted molar refractivity (Wildman–Crippen MR) is 122 cm³/mol. The summed E-state index contributed by atoms with van der Waals surface area (Å²) >= 11 is 0. The molecule has 37 heavy (non-hydrogen) atoms. The maximum atomic E-state index is 15.3. The van der Waals surface area contributed by atoms with Gasteiger partial charge in [-0.3, -0.25) is 9.63 Å². The number of benzene rings is 1. The summed E-state index contributed by atoms with van der Waals surface area (Å²) in [6.45, 7) is 0.228. The van der Waals surface area contributed by atoms with Crippen LogP contribution in [0.5, 0.6) is 0 Å². The normalized spacial score (nSPS) is 26.5. The Kier molecular flexibility index (Phi) is 6.97. The summed E-state index contributed by atoms with van der Waals surface area (Å²) < 4.78 is 72.4. The Morgan fingerprint density at radius 2 is 2.00 bits per heavy atom. The first-order chi connectivity index (χ1) is 17.7. The summed E-state index contributed by atoms with van der Waals surface area (Å²) in [7, 11) is -4.00. The van der Waals surface area contributed by atoms with E-state index in [1.165, 1.54) is 35.4 Å². The highest BCUT2D eigenvalue weighted by molar-refractivity contribution is 7.88. The molecule has 1 aromatic carbocycles. The van der Waals surface area contributed by atoms with Crippen LogP contribution in [0.25, 0.3) is 0 Å². The molecule has 3 heterocycles. The van der Waals surface area contributed by atoms with Gasteiger partial charge in [-0.25, -0.2) is 17.8 Å². The number of amides is 1. The number of hydrogen-bond acceptors (Lipinski definition) is 9. The molecule has 0 radical (unpaired) electrons. The molecule has 3 fully saturated rings. The molecule has 11 nitrogen and oxygen atoms in total. The number of carbonyl (C=O) groups is 1. The maximum Gasteiger partial charge on any atom is 0.315 e. The van der Waals surface area contributed by atoms with Crippen LogP contribution in [0.1, 0.15) is 6.42 Å². The third-order valence-electron chi connectivity index (χ3n) is 6.55. The fourth-order valence-corrected chi connectivity index (χ4v) is 5.93. The van der Waals surface area contributed by atoms with Crippen LogP contribution in [-0.2, 0) is 24.4 Å². The van der Waals surface area contributed by atoms with Crippen molar-refractivity contribution in [1.29, 1.82) is 0 Å². The van der Waals surface area contributed by atoms with Gasteiger partial charge < -0.3 is 25.0 Å². The van der Waals surface area contributed by atoms with Crippen molar-refractivity contribution in [3.8, 4) is 0 Å². The van der Waals surface area contributed by atoms with Crippen LogP contribution < -0.4 is 15.1 Å². The van der Waals surface area contributed by atoms with E-state index in [-0.39, 0.29) is 49.1 Å². The van der Waals surface area contributed by atoms with Gasteiger partial charge in [0, 0.05) is 25.0 Å². The van der Waals surface area contributed by atoms with E-state index in [9.17, 15) is 27.1 Å². The summed E-state index contributed by atoms with van der Waals surface area (Å²) in [5.41, 5.74) is 0.425. The zero-order chi connectivity index (χ0) is 26.3. The molecule has 15 heteroatoms. The highest BCUT2D eigenvalue weighted by atomic mass is 32.2. The van der Waals surface area contributed by atoms with Gasteiger partial charge in [-0.05, 0) is 36.8 Å². The predicted octanol–water partition coefficient (Wildman–Crippen LogP) is 0.666. The van der Waals surface area contributed by atoms with Crippen molar-refractivity contribution >= 4 is 27.3 Å². The van der Waals surface area contributed by atoms with Crippen LogP contribution in [0.2, 0.25) is 0 Å². The van der Waals surface area contributed by atoms with Crippen molar-refractivity contribution in [3.05, 3.63) is 48.4 Å². The number of rotatable bonds is 6. The van der Waals surface area contributed by atoms with Crippen LogP contribution in [-0.4, -0.2) is 86.2 Å². The van der Waals surface area contributed by atoms with E-state index in [1.54, 1.807) is 17.0 Å². The zero-order valence-electron chi connectivity index (χ0n) is 19.3. The van der Waals surface area contributed by atoms with E-state index in [2.05, 4.69) is 10.3 Å². The molecule has 5 rings (SSSR count). The number of nitrogens with one attached hydrogen (secondary N) is 1. The Labute approximate surface area is 210 Å². The first kappa shape index (κ1) is 25.7. The number of aliphatic hydroxyl groups excluding tert-OH is 1. The van der Waals surface area contributed by atoms with E-state index in [0.717, 1.165) is 4.47 Å². The van der Waals surface area contributed by atoms with Crippen molar-refractivity contribution in [2.24, 2.45) is 0 Å². The standard InChI is InChI=1S/C22H24F3N5O6S/c23-14-11-13(30-19-15(27-21(31)20(24)25)12-17(19)36-22(30)32)4-5-16(14)28-7-8-29(35-10-9-28)37(33,34)18-3-1-2-6-26-18/h1-6,11,15,17,19-20,22,32H,7-10,12H2,(H,27,31)/t15?,17?,19-,22?/m0/s1. The minimum atomic E-state index is -4.00. The third kappa shape index (κ3) is 4.84. The Hall–Kier alpha value is -2.98. The van der Waals surface area contributed by atoms with Crippen LogP contribution in [0.3, 0.4) is 0 Å². The molecule has 2 saturated heterocycles. The van der Waals surface area contributed by atoms with Gasteiger partial charge in [0.25, 0.3) is 15.9 Å². The molecular weight excluding hydrogens is 519 g/mol. The third-order valence-corrected chi connectivity index (χ3v) is 8.14. The molecule has 2 N–H and O–H groups in total. The Balaban J connectivity index is 1.29. The van der Waals surface area contributed by atoms with Crippen LogP contribution in [0.4, 0.5) is 24.5 Å². The molecule has 3 unspecified atom stereocenters. The van der Waals surface area contributed by atoms with Gasteiger partial charge in [0.1, 0.15) is 5.82 Å². The van der Waals surface area contributed by atoms with Crippen LogP contribution in [0.15, 0.2) is 47.6 Å². The second-order valence-corrected chi connectivity index (χ2v) is 10.5. The summed E-state index contributed by atoms with van der Waals surface area (Å²) in [5, 5.41) is 12.4. The van der Waals surface area contributed by atoms with Crippen molar-refractivity contribution in [2.45, 2.75) is 42.5 Å². The van der Waals surface area contributed by atoms with Gasteiger partial charge in [-0.1, -0.05) is 10.5 Å². The lowest BCUT2D eigenvalue weighted by atomic mass is 9.82. The number of sulfonamides is 1. The molecule has 1 aliphatic carbocycles. The number of anilines is 2. The van der Waals surface area contributed by atoms with Crippen LogP contribution in [0, 0.1) is 5.82 Å². The highest BCUT2D eigenvalue weighted by Crippen LogP contribution is 2.41. The van der Waals surface area contributed by atoms with Gasteiger partial charge >= 0.3 is 6.43 Å². The summed E-state index contributed by atoms with van der Waals surface area (Å²) in [6.07, 6.45) is -3.52. The Morgan fingerprint density at radius 1 is 1.19 bits per heavy atom. The van der Waals surface area contributed by atoms with Crippen LogP contribution >= 0.6 is 0 Å². The molecule has 200 valence electrons. The molecule has 3 aliphatic rings. The Bertz CT molecular complexity index is 1260. The molecule has 2 aliphatic heterocycles. The number of halogens is 3. The van der Waals surface area contributed by atoms with E-state index < -0.39 is 52.8 Å². The molecular formula is C22H24F3N5O6S. The minimum absolute atomic E-state index is 0.0266.